The highest BCUT2D eigenvalue weighted by molar-refractivity contribution is 7.22. The fraction of sp³-hybridized carbons (Fsp3) is 0.417. The molecule has 1 fully saturated rings. The second kappa shape index (κ2) is 4.80. The van der Waals surface area contributed by atoms with E-state index in [1.165, 1.54) is 17.8 Å². The van der Waals surface area contributed by atoms with Gasteiger partial charge in [-0.2, -0.15) is 0 Å². The van der Waals surface area contributed by atoms with Crippen LogP contribution >= 0.6 is 22.9 Å². The zero-order chi connectivity index (χ0) is 11.7. The van der Waals surface area contributed by atoms with Crippen molar-refractivity contribution in [1.29, 1.82) is 0 Å². The lowest BCUT2D eigenvalue weighted by Crippen LogP contribution is -2.24. The molecule has 1 saturated heterocycles. The number of ether oxygens (including phenoxy) is 2. The van der Waals surface area contributed by atoms with E-state index in [1.807, 2.05) is 18.2 Å². The number of halogens is 1. The quantitative estimate of drug-likeness (QED) is 0.830. The molecule has 0 spiro atoms. The van der Waals surface area contributed by atoms with Crippen molar-refractivity contribution in [2.45, 2.75) is 25.6 Å². The Kier molecular flexibility index (Phi) is 3.18. The molecule has 3 nitrogen and oxygen atoms in total. The predicted octanol–water partition coefficient (Wildman–Crippen LogP) is 3.86. The molecule has 0 aliphatic carbocycles. The average Bonchev–Trinajstić information content (AvgIpc) is 2.70. The van der Waals surface area contributed by atoms with Crippen LogP contribution in [0.4, 0.5) is 0 Å². The number of hydrogen-bond acceptors (Lipinski definition) is 4. The Morgan fingerprint density at radius 2 is 2.35 bits per heavy atom. The second-order valence-electron chi connectivity index (χ2n) is 4.01. The third-order valence-corrected chi connectivity index (χ3v) is 3.86. The van der Waals surface area contributed by atoms with Gasteiger partial charge in [0.15, 0.2) is 10.8 Å². The van der Waals surface area contributed by atoms with Crippen LogP contribution in [0, 0.1) is 0 Å². The van der Waals surface area contributed by atoms with Gasteiger partial charge in [0.25, 0.3) is 0 Å². The van der Waals surface area contributed by atoms with Crippen molar-refractivity contribution >= 4 is 33.2 Å². The molecule has 1 atom stereocenters. The van der Waals surface area contributed by atoms with Crippen molar-refractivity contribution in [1.82, 2.24) is 4.98 Å². The van der Waals surface area contributed by atoms with Crippen LogP contribution in [-0.2, 0) is 4.74 Å². The summed E-state index contributed by atoms with van der Waals surface area (Å²) in [5.41, 5.74) is 0.914. The number of rotatable bonds is 2. The van der Waals surface area contributed by atoms with E-state index >= 15 is 0 Å². The Bertz CT molecular complexity index is 522. The van der Waals surface area contributed by atoms with Crippen molar-refractivity contribution in [3.8, 4) is 5.75 Å². The molecule has 2 heterocycles. The van der Waals surface area contributed by atoms with Gasteiger partial charge in [0.1, 0.15) is 5.75 Å². The van der Waals surface area contributed by atoms with E-state index < -0.39 is 0 Å². The summed E-state index contributed by atoms with van der Waals surface area (Å²) in [7, 11) is 0. The van der Waals surface area contributed by atoms with Crippen LogP contribution in [0.25, 0.3) is 10.2 Å². The summed E-state index contributed by atoms with van der Waals surface area (Å²) in [5, 5.41) is 0. The monoisotopic (exact) mass is 269 g/mol. The molecule has 1 aliphatic heterocycles. The summed E-state index contributed by atoms with van der Waals surface area (Å²) in [6.45, 7) is 0.791. The number of benzene rings is 1. The van der Waals surface area contributed by atoms with E-state index in [1.54, 1.807) is 0 Å². The smallest absolute Gasteiger partial charge is 0.199 e. The van der Waals surface area contributed by atoms with Crippen molar-refractivity contribution in [2.75, 3.05) is 6.61 Å². The Labute approximate surface area is 108 Å². The van der Waals surface area contributed by atoms with E-state index in [-0.39, 0.29) is 6.29 Å². The van der Waals surface area contributed by atoms with Crippen LogP contribution in [0.5, 0.6) is 5.75 Å². The lowest BCUT2D eigenvalue weighted by molar-refractivity contribution is -0.105. The Hall–Kier alpha value is -0.840. The lowest BCUT2D eigenvalue weighted by Gasteiger charge is -2.23. The number of nitrogens with zero attached hydrogens (tertiary/aromatic N) is 1. The molecule has 2 aromatic rings. The van der Waals surface area contributed by atoms with Crippen LogP contribution in [-0.4, -0.2) is 17.9 Å². The maximum absolute atomic E-state index is 5.87. The van der Waals surface area contributed by atoms with E-state index in [0.29, 0.717) is 4.47 Å². The fourth-order valence-electron chi connectivity index (χ4n) is 1.91. The third-order valence-electron chi connectivity index (χ3n) is 2.74. The molecule has 0 amide bonds. The minimum Gasteiger partial charge on any atom is -0.465 e. The summed E-state index contributed by atoms with van der Waals surface area (Å²) < 4.78 is 12.9. The normalized spacial score (nSPS) is 20.6. The molecule has 0 saturated carbocycles. The Morgan fingerprint density at radius 1 is 1.41 bits per heavy atom. The number of aromatic nitrogens is 1. The Morgan fingerprint density at radius 3 is 3.18 bits per heavy atom. The standard InChI is InChI=1S/C12H12ClNO2S/c13-12-14-9-5-4-8(7-10(9)17-12)16-11-3-1-2-6-15-11/h4-5,7,11H,1-3,6H2. The van der Waals surface area contributed by atoms with Gasteiger partial charge in [-0.3, -0.25) is 0 Å². The molecule has 90 valence electrons. The number of thiazole rings is 1. The topological polar surface area (TPSA) is 31.4 Å². The maximum Gasteiger partial charge on any atom is 0.199 e. The minimum atomic E-state index is -0.107. The molecule has 17 heavy (non-hydrogen) atoms. The van der Waals surface area contributed by atoms with Crippen LogP contribution < -0.4 is 4.74 Å². The molecule has 1 aromatic heterocycles. The molecule has 0 bridgehead atoms. The van der Waals surface area contributed by atoms with Gasteiger partial charge in [0.2, 0.25) is 0 Å². The molecule has 1 aromatic carbocycles. The molecule has 1 aliphatic rings. The highest BCUT2D eigenvalue weighted by Gasteiger charge is 2.15. The van der Waals surface area contributed by atoms with Gasteiger partial charge in [-0.25, -0.2) is 4.98 Å². The van der Waals surface area contributed by atoms with Gasteiger partial charge in [-0.15, -0.1) is 11.3 Å². The molecule has 5 heteroatoms. The minimum absolute atomic E-state index is 0.107. The first-order valence-electron chi connectivity index (χ1n) is 5.65. The highest BCUT2D eigenvalue weighted by Crippen LogP contribution is 2.29. The molecule has 3 rings (SSSR count). The number of hydrogen-bond donors (Lipinski definition) is 0. The first kappa shape index (κ1) is 11.3. The predicted molar refractivity (Wildman–Crippen MR) is 68.8 cm³/mol. The van der Waals surface area contributed by atoms with Crippen molar-refractivity contribution < 1.29 is 9.47 Å². The molecule has 0 N–H and O–H groups in total. The summed E-state index contributed by atoms with van der Waals surface area (Å²) >= 11 is 7.33. The van der Waals surface area contributed by atoms with Gasteiger partial charge in [-0.05, 0) is 31.0 Å². The largest absolute Gasteiger partial charge is 0.465 e. The zero-order valence-electron chi connectivity index (χ0n) is 9.19. The fourth-order valence-corrected chi connectivity index (χ4v) is 2.97. The number of fused-ring (bicyclic) bond motifs is 1. The SMILES string of the molecule is Clc1nc2ccc(OC3CCCCO3)cc2s1. The van der Waals surface area contributed by atoms with Crippen molar-refractivity contribution in [3.63, 3.8) is 0 Å². The highest BCUT2D eigenvalue weighted by atomic mass is 35.5. The lowest BCUT2D eigenvalue weighted by atomic mass is 10.2. The second-order valence-corrected chi connectivity index (χ2v) is 5.62. The van der Waals surface area contributed by atoms with E-state index in [2.05, 4.69) is 4.98 Å². The van der Waals surface area contributed by atoms with Crippen molar-refractivity contribution in [2.24, 2.45) is 0 Å². The zero-order valence-corrected chi connectivity index (χ0v) is 10.8. The summed E-state index contributed by atoms with van der Waals surface area (Å²) in [4.78, 5) is 4.20. The van der Waals surface area contributed by atoms with Crippen LogP contribution in [0.3, 0.4) is 0 Å². The first-order valence-corrected chi connectivity index (χ1v) is 6.85. The van der Waals surface area contributed by atoms with Gasteiger partial charge in [0.05, 0.1) is 16.8 Å². The van der Waals surface area contributed by atoms with Gasteiger partial charge in [-0.1, -0.05) is 11.6 Å². The molecular weight excluding hydrogens is 258 g/mol. The van der Waals surface area contributed by atoms with Crippen LogP contribution in [0.1, 0.15) is 19.3 Å². The van der Waals surface area contributed by atoms with Crippen molar-refractivity contribution in [3.05, 3.63) is 22.7 Å². The summed E-state index contributed by atoms with van der Waals surface area (Å²) in [6.07, 6.45) is 3.15. The summed E-state index contributed by atoms with van der Waals surface area (Å²) in [5.74, 6) is 0.824. The third kappa shape index (κ3) is 2.54. The van der Waals surface area contributed by atoms with Crippen LogP contribution in [0.15, 0.2) is 18.2 Å². The maximum atomic E-state index is 5.87. The van der Waals surface area contributed by atoms with E-state index in [9.17, 15) is 0 Å². The average molecular weight is 270 g/mol. The Balaban J connectivity index is 1.79. The summed E-state index contributed by atoms with van der Waals surface area (Å²) in [6, 6.07) is 5.81. The van der Waals surface area contributed by atoms with Gasteiger partial charge < -0.3 is 9.47 Å². The van der Waals surface area contributed by atoms with Gasteiger partial charge >= 0.3 is 0 Å². The molecule has 0 radical (unpaired) electrons. The van der Waals surface area contributed by atoms with Gasteiger partial charge in [0, 0.05) is 6.42 Å². The van der Waals surface area contributed by atoms with Crippen LogP contribution in [0.2, 0.25) is 4.47 Å². The van der Waals surface area contributed by atoms with E-state index in [4.69, 9.17) is 21.1 Å². The molecule has 1 unspecified atom stereocenters. The molecular formula is C12H12ClNO2S. The first-order chi connectivity index (χ1) is 8.31. The van der Waals surface area contributed by atoms with E-state index in [0.717, 1.165) is 35.4 Å².